The van der Waals surface area contributed by atoms with Gasteiger partial charge in [-0.3, -0.25) is 4.79 Å². The van der Waals surface area contributed by atoms with Crippen molar-refractivity contribution in [3.8, 4) is 5.69 Å². The van der Waals surface area contributed by atoms with Crippen LogP contribution in [0.15, 0.2) is 42.7 Å². The first-order valence-corrected chi connectivity index (χ1v) is 8.24. The maximum absolute atomic E-state index is 11.8. The lowest BCUT2D eigenvalue weighted by molar-refractivity contribution is -0.129. The molecular weight excluding hydrogens is 288 g/mol. The molecule has 5 heteroatoms. The molecule has 0 bridgehead atoms. The number of nitrogens with one attached hydrogen (secondary N) is 1. The number of amides is 1. The number of hydrogen-bond acceptors (Lipinski definition) is 3. The number of nitrogens with zero attached hydrogens (tertiary/aromatic N) is 3. The average Bonchev–Trinajstić information content (AvgIpc) is 3.03. The molecule has 1 fully saturated rings. The van der Waals surface area contributed by atoms with E-state index in [0.717, 1.165) is 25.1 Å². The third-order valence-corrected chi connectivity index (χ3v) is 4.50. The second kappa shape index (κ2) is 6.96. The summed E-state index contributed by atoms with van der Waals surface area (Å²) >= 11 is 0. The summed E-state index contributed by atoms with van der Waals surface area (Å²) in [5, 5.41) is 8.04. The van der Waals surface area contributed by atoms with Crippen LogP contribution in [0.25, 0.3) is 5.69 Å². The Kier molecular flexibility index (Phi) is 4.76. The van der Waals surface area contributed by atoms with E-state index in [-0.39, 0.29) is 11.9 Å². The predicted octanol–water partition coefficient (Wildman–Crippen LogP) is 2.53. The first-order valence-electron chi connectivity index (χ1n) is 8.24. The van der Waals surface area contributed by atoms with Crippen LogP contribution in [-0.2, 0) is 4.79 Å². The number of carbonyl (C=O) groups excluding carboxylic acids is 1. The molecule has 3 rings (SSSR count). The van der Waals surface area contributed by atoms with Gasteiger partial charge in [0.1, 0.15) is 0 Å². The minimum absolute atomic E-state index is 0.196. The minimum atomic E-state index is 0.196. The van der Waals surface area contributed by atoms with Gasteiger partial charge in [0, 0.05) is 44.5 Å². The maximum atomic E-state index is 11.8. The van der Waals surface area contributed by atoms with Crippen molar-refractivity contribution in [2.75, 3.05) is 13.6 Å². The van der Waals surface area contributed by atoms with Crippen LogP contribution in [0.4, 0.5) is 0 Å². The molecule has 0 spiro atoms. The highest BCUT2D eigenvalue weighted by atomic mass is 16.2. The van der Waals surface area contributed by atoms with E-state index in [9.17, 15) is 4.79 Å². The molecule has 2 heterocycles. The van der Waals surface area contributed by atoms with Crippen LogP contribution in [0, 0.1) is 0 Å². The number of benzene rings is 1. The van der Waals surface area contributed by atoms with Crippen LogP contribution >= 0.6 is 0 Å². The van der Waals surface area contributed by atoms with E-state index in [0.29, 0.717) is 12.5 Å². The molecule has 1 aromatic heterocycles. The largest absolute Gasteiger partial charge is 0.344 e. The number of likely N-dealkylation sites (N-methyl/N-ethyl adjacent to an activating group) is 1. The third-order valence-electron chi connectivity index (χ3n) is 4.50. The van der Waals surface area contributed by atoms with Crippen LogP contribution in [0.1, 0.15) is 37.8 Å². The third kappa shape index (κ3) is 3.62. The number of hydrogen-bond donors (Lipinski definition) is 1. The summed E-state index contributed by atoms with van der Waals surface area (Å²) in [6.07, 6.45) is 6.40. The summed E-state index contributed by atoms with van der Waals surface area (Å²) in [6.45, 7) is 2.95. The van der Waals surface area contributed by atoms with E-state index in [2.05, 4.69) is 35.5 Å². The lowest BCUT2D eigenvalue weighted by atomic mass is 10.0. The van der Waals surface area contributed by atoms with E-state index in [1.54, 1.807) is 6.20 Å². The first kappa shape index (κ1) is 15.7. The molecule has 1 amide bonds. The van der Waals surface area contributed by atoms with Gasteiger partial charge in [0.15, 0.2) is 0 Å². The summed E-state index contributed by atoms with van der Waals surface area (Å²) in [5.41, 5.74) is 2.31. The number of aromatic nitrogens is 2. The van der Waals surface area contributed by atoms with Gasteiger partial charge in [-0.15, -0.1) is 0 Å². The summed E-state index contributed by atoms with van der Waals surface area (Å²) < 4.78 is 1.90. The molecule has 2 unspecified atom stereocenters. The highest BCUT2D eigenvalue weighted by molar-refractivity contribution is 5.76. The van der Waals surface area contributed by atoms with Crippen molar-refractivity contribution < 1.29 is 4.79 Å². The molecule has 23 heavy (non-hydrogen) atoms. The summed E-state index contributed by atoms with van der Waals surface area (Å²) in [6, 6.07) is 10.8. The Morgan fingerprint density at radius 3 is 2.91 bits per heavy atom. The molecule has 122 valence electrons. The van der Waals surface area contributed by atoms with Crippen LogP contribution in [-0.4, -0.2) is 40.2 Å². The van der Waals surface area contributed by atoms with Gasteiger partial charge in [-0.05, 0) is 37.5 Å². The van der Waals surface area contributed by atoms with Gasteiger partial charge in [-0.25, -0.2) is 4.68 Å². The van der Waals surface area contributed by atoms with Gasteiger partial charge < -0.3 is 10.2 Å². The van der Waals surface area contributed by atoms with Crippen molar-refractivity contribution in [1.82, 2.24) is 20.0 Å². The predicted molar refractivity (Wildman–Crippen MR) is 90.4 cm³/mol. The molecule has 5 nitrogen and oxygen atoms in total. The highest BCUT2D eigenvalue weighted by Gasteiger charge is 2.22. The van der Waals surface area contributed by atoms with Gasteiger partial charge in [0.05, 0.1) is 5.69 Å². The average molecular weight is 312 g/mol. The molecular formula is C18H24N4O. The Labute approximate surface area is 137 Å². The fourth-order valence-electron chi connectivity index (χ4n) is 3.27. The van der Waals surface area contributed by atoms with Crippen LogP contribution in [0.3, 0.4) is 0 Å². The van der Waals surface area contributed by atoms with E-state index < -0.39 is 0 Å². The van der Waals surface area contributed by atoms with E-state index >= 15 is 0 Å². The van der Waals surface area contributed by atoms with Crippen LogP contribution < -0.4 is 5.32 Å². The van der Waals surface area contributed by atoms with Crippen LogP contribution in [0.5, 0.6) is 0 Å². The van der Waals surface area contributed by atoms with E-state index in [4.69, 9.17) is 0 Å². The van der Waals surface area contributed by atoms with E-state index in [1.165, 1.54) is 5.56 Å². The molecule has 1 aliphatic heterocycles. The molecule has 1 saturated heterocycles. The Balaban J connectivity index is 1.76. The SMILES string of the molecule is CC(NC1CCCC(=O)N(C)C1)c1ccccc1-n1cccn1. The normalized spacial score (nSPS) is 20.3. The molecule has 2 atom stereocenters. The fraction of sp³-hybridized carbons (Fsp3) is 0.444. The quantitative estimate of drug-likeness (QED) is 0.944. The zero-order chi connectivity index (χ0) is 16.2. The number of likely N-dealkylation sites (tertiary alicyclic amines) is 1. The summed E-state index contributed by atoms with van der Waals surface area (Å²) in [7, 11) is 1.89. The summed E-state index contributed by atoms with van der Waals surface area (Å²) in [4.78, 5) is 13.7. The van der Waals surface area contributed by atoms with Gasteiger partial charge in [0.25, 0.3) is 0 Å². The van der Waals surface area contributed by atoms with Crippen molar-refractivity contribution in [2.24, 2.45) is 0 Å². The Morgan fingerprint density at radius 1 is 1.30 bits per heavy atom. The monoisotopic (exact) mass is 312 g/mol. The first-order chi connectivity index (χ1) is 11.1. The molecule has 1 aromatic carbocycles. The molecule has 1 aliphatic rings. The lowest BCUT2D eigenvalue weighted by Gasteiger charge is -2.26. The smallest absolute Gasteiger partial charge is 0.222 e. The minimum Gasteiger partial charge on any atom is -0.344 e. The number of rotatable bonds is 4. The van der Waals surface area contributed by atoms with Crippen molar-refractivity contribution in [2.45, 2.75) is 38.3 Å². The standard InChI is InChI=1S/C18H24N4O/c1-14(20-15-7-5-10-18(23)21(2)13-15)16-8-3-4-9-17(16)22-12-6-11-19-22/h3-4,6,8-9,11-12,14-15,20H,5,7,10,13H2,1-2H3. The molecule has 0 radical (unpaired) electrons. The lowest BCUT2D eigenvalue weighted by Crippen LogP contribution is -2.40. The molecule has 0 aliphatic carbocycles. The molecule has 2 aromatic rings. The second-order valence-electron chi connectivity index (χ2n) is 6.26. The van der Waals surface area contributed by atoms with Crippen molar-refractivity contribution in [3.05, 3.63) is 48.3 Å². The van der Waals surface area contributed by atoms with Gasteiger partial charge in [0.2, 0.25) is 5.91 Å². The van der Waals surface area contributed by atoms with E-state index in [1.807, 2.05) is 35.0 Å². The summed E-state index contributed by atoms with van der Waals surface area (Å²) in [5.74, 6) is 0.249. The Hall–Kier alpha value is -2.14. The molecule has 1 N–H and O–H groups in total. The van der Waals surface area contributed by atoms with Gasteiger partial charge in [-0.2, -0.15) is 5.10 Å². The second-order valence-corrected chi connectivity index (χ2v) is 6.26. The van der Waals surface area contributed by atoms with Gasteiger partial charge in [-0.1, -0.05) is 18.2 Å². The maximum Gasteiger partial charge on any atom is 0.222 e. The Morgan fingerprint density at radius 2 is 2.13 bits per heavy atom. The van der Waals surface area contributed by atoms with Crippen molar-refractivity contribution in [1.29, 1.82) is 0 Å². The number of carbonyl (C=O) groups is 1. The number of para-hydroxylation sites is 1. The van der Waals surface area contributed by atoms with Crippen LogP contribution in [0.2, 0.25) is 0 Å². The zero-order valence-electron chi connectivity index (χ0n) is 13.8. The van der Waals surface area contributed by atoms with Crippen molar-refractivity contribution in [3.63, 3.8) is 0 Å². The zero-order valence-corrected chi connectivity index (χ0v) is 13.8. The Bertz CT molecular complexity index is 653. The topological polar surface area (TPSA) is 50.2 Å². The fourth-order valence-corrected chi connectivity index (χ4v) is 3.27. The van der Waals surface area contributed by atoms with Gasteiger partial charge >= 0.3 is 0 Å². The van der Waals surface area contributed by atoms with Crippen molar-refractivity contribution >= 4 is 5.91 Å². The highest BCUT2D eigenvalue weighted by Crippen LogP contribution is 2.22. The molecule has 0 saturated carbocycles.